The Hall–Kier alpha value is -4.67. The Morgan fingerprint density at radius 3 is 2.42 bits per heavy atom. The number of phenolic OH excluding ortho intramolecular Hbond substituents is 1. The summed E-state index contributed by atoms with van der Waals surface area (Å²) in [5.74, 6) is -2.73. The molecule has 15 heteroatoms. The third-order valence-corrected chi connectivity index (χ3v) is 6.82. The molecule has 1 fully saturated rings. The molecule has 1 saturated heterocycles. The van der Waals surface area contributed by atoms with Crippen LogP contribution in [0.4, 0.5) is 0 Å². The number of hydrogen-bond donors (Lipinski definition) is 8. The predicted octanol–water partition coefficient (Wildman–Crippen LogP) is -1.04. The molecule has 5 rings (SSSR count). The van der Waals surface area contributed by atoms with E-state index in [9.17, 15) is 40.5 Å². The number of carbonyl (C=O) groups is 1. The van der Waals surface area contributed by atoms with Crippen LogP contribution in [-0.2, 0) is 9.53 Å². The first-order valence-corrected chi connectivity index (χ1v) is 13.0. The van der Waals surface area contributed by atoms with Crippen LogP contribution in [-0.4, -0.2) is 97.4 Å². The fraction of sp³-hybridized carbons (Fsp3) is 0.321. The van der Waals surface area contributed by atoms with E-state index in [4.69, 9.17) is 29.1 Å². The number of fused-ring (bicyclic) bond motifs is 1. The minimum atomic E-state index is -1.96. The van der Waals surface area contributed by atoms with E-state index >= 15 is 0 Å². The number of aliphatic imine (C=N–C) groups is 1. The summed E-state index contributed by atoms with van der Waals surface area (Å²) in [6.45, 7) is -0.581. The minimum absolute atomic E-state index is 0.106. The van der Waals surface area contributed by atoms with Crippen molar-refractivity contribution in [3.8, 4) is 28.7 Å². The Bertz CT molecular complexity index is 1490. The van der Waals surface area contributed by atoms with Crippen molar-refractivity contribution in [2.24, 2.45) is 4.99 Å². The topological polar surface area (TPSA) is 243 Å². The van der Waals surface area contributed by atoms with Gasteiger partial charge in [-0.05, 0) is 28.8 Å². The monoisotopic (exact) mass is 601 g/mol. The third-order valence-electron chi connectivity index (χ3n) is 6.82. The van der Waals surface area contributed by atoms with Gasteiger partial charge in [0.25, 0.3) is 0 Å². The zero-order chi connectivity index (χ0) is 30.8. The van der Waals surface area contributed by atoms with Crippen molar-refractivity contribution in [2.45, 2.75) is 43.2 Å². The number of nitrogens with zero attached hydrogens (tertiary/aromatic N) is 1. The quantitative estimate of drug-likeness (QED) is 0.152. The number of benzene rings is 2. The van der Waals surface area contributed by atoms with Crippen molar-refractivity contribution in [3.63, 3.8) is 0 Å². The highest BCUT2D eigenvalue weighted by molar-refractivity contribution is 6.13. The summed E-state index contributed by atoms with van der Waals surface area (Å²) in [6, 6.07) is 7.98. The van der Waals surface area contributed by atoms with Crippen LogP contribution in [0, 0.1) is 0 Å². The zero-order valence-corrected chi connectivity index (χ0v) is 22.3. The first kappa shape index (κ1) is 29.8. The summed E-state index contributed by atoms with van der Waals surface area (Å²) in [6.07, 6.45) is -5.09. The second-order valence-corrected chi connectivity index (χ2v) is 9.67. The van der Waals surface area contributed by atoms with E-state index in [1.807, 2.05) is 6.08 Å². The second kappa shape index (κ2) is 12.3. The fourth-order valence-electron chi connectivity index (χ4n) is 4.66. The Labute approximate surface area is 243 Å². The lowest BCUT2D eigenvalue weighted by Gasteiger charge is -2.38. The molecule has 0 radical (unpaired) electrons. The predicted molar refractivity (Wildman–Crippen MR) is 145 cm³/mol. The smallest absolute Gasteiger partial charge is 0.335 e. The molecule has 9 N–H and O–H groups in total. The van der Waals surface area contributed by atoms with Crippen molar-refractivity contribution < 1.29 is 69.6 Å². The molecule has 43 heavy (non-hydrogen) atoms. The summed E-state index contributed by atoms with van der Waals surface area (Å²) in [5, 5.41) is 76.4. The molecule has 3 aliphatic heterocycles. The van der Waals surface area contributed by atoms with Crippen molar-refractivity contribution in [1.82, 2.24) is 0 Å². The van der Waals surface area contributed by atoms with Crippen molar-refractivity contribution in [3.05, 3.63) is 59.7 Å². The van der Waals surface area contributed by atoms with Crippen molar-refractivity contribution in [1.29, 1.82) is 0 Å². The molecule has 0 bridgehead atoms. The molecule has 0 amide bonds. The molecule has 3 heterocycles. The highest BCUT2D eigenvalue weighted by atomic mass is 16.7. The summed E-state index contributed by atoms with van der Waals surface area (Å²) in [5.41, 5.74) is 1.21. The van der Waals surface area contributed by atoms with Gasteiger partial charge in [-0.1, -0.05) is 12.1 Å². The van der Waals surface area contributed by atoms with Gasteiger partial charge in [-0.15, -0.1) is 0 Å². The number of carboxylic acids is 1. The molecule has 2 aromatic rings. The van der Waals surface area contributed by atoms with Crippen molar-refractivity contribution in [2.75, 3.05) is 13.4 Å². The number of hydrogen-bond acceptors (Lipinski definition) is 12. The Kier molecular flexibility index (Phi) is 8.52. The number of carboxylic acid groups (broad SMARTS) is 1. The highest BCUT2D eigenvalue weighted by Crippen LogP contribution is 2.51. The molecular weight excluding hydrogens is 572 g/mol. The van der Waals surface area contributed by atoms with E-state index in [1.54, 1.807) is 30.3 Å². The Morgan fingerprint density at radius 2 is 1.77 bits per heavy atom. The van der Waals surface area contributed by atoms with Crippen LogP contribution in [0.1, 0.15) is 23.7 Å². The van der Waals surface area contributed by atoms with E-state index in [1.165, 1.54) is 6.08 Å². The largest absolute Gasteiger partial charge is 0.507 e. The van der Waals surface area contributed by atoms with Crippen LogP contribution in [0.25, 0.3) is 5.76 Å². The zero-order valence-electron chi connectivity index (χ0n) is 22.3. The van der Waals surface area contributed by atoms with Crippen LogP contribution in [0.15, 0.2) is 53.6 Å². The number of aliphatic hydroxyl groups excluding tert-OH is 5. The first-order valence-electron chi connectivity index (χ1n) is 13.0. The SMILES string of the molecule is [NH2+]=C1C=CC(CCOc2ccc(C3C=C(O)c4c(cc(O[C@@H]5O[C@H](C(=O)O)[C@@H](O)[C@@H](O)[C@H]5O)c(OCO)c4O)O3)cc2)=N1. The molecule has 0 aliphatic carbocycles. The van der Waals surface area contributed by atoms with E-state index in [-0.39, 0.29) is 11.3 Å². The average molecular weight is 602 g/mol. The van der Waals surface area contributed by atoms with Crippen LogP contribution in [0.5, 0.6) is 28.7 Å². The molecule has 6 atom stereocenters. The van der Waals surface area contributed by atoms with Gasteiger partial charge in [0.15, 0.2) is 30.1 Å². The molecule has 2 aromatic carbocycles. The van der Waals surface area contributed by atoms with Gasteiger partial charge in [-0.3, -0.25) is 5.41 Å². The van der Waals surface area contributed by atoms with Crippen LogP contribution in [0.2, 0.25) is 0 Å². The van der Waals surface area contributed by atoms with Gasteiger partial charge < -0.3 is 59.4 Å². The number of aliphatic carboxylic acids is 1. The maximum absolute atomic E-state index is 11.5. The molecule has 1 unspecified atom stereocenters. The lowest BCUT2D eigenvalue weighted by molar-refractivity contribution is -0.271. The van der Waals surface area contributed by atoms with E-state index in [0.29, 0.717) is 30.2 Å². The molecule has 3 aliphatic rings. The third kappa shape index (κ3) is 6.11. The van der Waals surface area contributed by atoms with Gasteiger partial charge in [0, 0.05) is 24.6 Å². The van der Waals surface area contributed by atoms with E-state index in [2.05, 4.69) is 4.99 Å². The first-order chi connectivity index (χ1) is 20.6. The number of amidine groups is 1. The van der Waals surface area contributed by atoms with E-state index in [0.717, 1.165) is 11.8 Å². The van der Waals surface area contributed by atoms with Gasteiger partial charge >= 0.3 is 11.8 Å². The van der Waals surface area contributed by atoms with Gasteiger partial charge in [0.05, 0.1) is 6.61 Å². The number of allylic oxidation sites excluding steroid dienone is 1. The maximum atomic E-state index is 11.5. The van der Waals surface area contributed by atoms with Crippen LogP contribution in [0.3, 0.4) is 0 Å². The summed E-state index contributed by atoms with van der Waals surface area (Å²) >= 11 is 0. The van der Waals surface area contributed by atoms with Gasteiger partial charge in [0.1, 0.15) is 47.2 Å². The standard InChI is InChI=1S/C28H28N2O13/c29-19-6-3-13(30-19)7-8-39-14-4-1-12(2-5-14)16-9-15(32)20-17(41-16)10-18(25(21(20)33)40-11-31)42-28-24(36)22(34)23(35)26(43-28)27(37)38/h1-6,9-10,16,22-24,26,28-29,31-36H,7-8,11H2,(H,37,38)/p+1/t16?,22-,23+,24-,26+,28-/m1/s1. The summed E-state index contributed by atoms with van der Waals surface area (Å²) < 4.78 is 27.5. The second-order valence-electron chi connectivity index (χ2n) is 9.67. The number of aliphatic hydroxyl groups is 5. The van der Waals surface area contributed by atoms with Gasteiger partial charge in [-0.2, -0.15) is 0 Å². The molecule has 228 valence electrons. The van der Waals surface area contributed by atoms with Crippen LogP contribution >= 0.6 is 0 Å². The van der Waals surface area contributed by atoms with Gasteiger partial charge in [-0.25, -0.2) is 4.79 Å². The average Bonchev–Trinajstić information content (AvgIpc) is 3.39. The highest BCUT2D eigenvalue weighted by Gasteiger charge is 2.48. The van der Waals surface area contributed by atoms with Crippen molar-refractivity contribution >= 4 is 23.3 Å². The maximum Gasteiger partial charge on any atom is 0.335 e. The normalized spacial score (nSPS) is 26.2. The fourth-order valence-corrected chi connectivity index (χ4v) is 4.66. The lowest BCUT2D eigenvalue weighted by Crippen LogP contribution is -2.61. The Balaban J connectivity index is 1.35. The van der Waals surface area contributed by atoms with E-state index < -0.39 is 72.6 Å². The number of rotatable bonds is 10. The summed E-state index contributed by atoms with van der Waals surface area (Å²) in [7, 11) is 0. The number of ether oxygens (including phenoxy) is 5. The molecule has 0 saturated carbocycles. The number of aromatic hydroxyl groups is 1. The molecular formula is C28H29N2O13+. The molecule has 0 spiro atoms. The summed E-state index contributed by atoms with van der Waals surface area (Å²) in [4.78, 5) is 15.6. The number of phenols is 1. The number of nitrogens with two attached hydrogens (primary N) is 1. The lowest BCUT2D eigenvalue weighted by atomic mass is 9.99. The molecule has 15 nitrogen and oxygen atoms in total. The van der Waals surface area contributed by atoms with Crippen LogP contribution < -0.4 is 24.4 Å². The minimum Gasteiger partial charge on any atom is -0.507 e. The Morgan fingerprint density at radius 1 is 1.02 bits per heavy atom. The molecule has 0 aromatic heterocycles. The van der Waals surface area contributed by atoms with Gasteiger partial charge in [0.2, 0.25) is 12.0 Å².